The Labute approximate surface area is 115 Å². The number of nitrogens with one attached hydrogen (secondary N) is 1. The standard InChI is InChI=1S/C13H27N3OS/c1-13(2,12(14)16-17)8-9-15-10-4-6-11(18-3)7-5-10/h10-11,15,17H,4-9H2,1-3H3,(H2,14,16). The van der Waals surface area contributed by atoms with Gasteiger partial charge in [0.15, 0.2) is 0 Å². The van der Waals surface area contributed by atoms with Gasteiger partial charge in [-0.2, -0.15) is 11.8 Å². The van der Waals surface area contributed by atoms with Crippen molar-refractivity contribution in [3.8, 4) is 0 Å². The molecule has 1 fully saturated rings. The third-order valence-corrected chi connectivity index (χ3v) is 5.13. The van der Waals surface area contributed by atoms with Gasteiger partial charge in [0.2, 0.25) is 0 Å². The lowest BCUT2D eigenvalue weighted by molar-refractivity contribution is 0.302. The molecule has 18 heavy (non-hydrogen) atoms. The summed E-state index contributed by atoms with van der Waals surface area (Å²) in [5, 5.41) is 16.3. The molecule has 0 aliphatic heterocycles. The molecule has 0 saturated heterocycles. The van der Waals surface area contributed by atoms with Crippen molar-refractivity contribution in [3.63, 3.8) is 0 Å². The summed E-state index contributed by atoms with van der Waals surface area (Å²) in [5.41, 5.74) is 5.44. The van der Waals surface area contributed by atoms with Crippen LogP contribution >= 0.6 is 11.8 Å². The monoisotopic (exact) mass is 273 g/mol. The minimum absolute atomic E-state index is 0.238. The van der Waals surface area contributed by atoms with Crippen LogP contribution in [0.2, 0.25) is 0 Å². The number of rotatable bonds is 6. The van der Waals surface area contributed by atoms with Crippen molar-refractivity contribution in [2.75, 3.05) is 12.8 Å². The Morgan fingerprint density at radius 3 is 2.50 bits per heavy atom. The van der Waals surface area contributed by atoms with Gasteiger partial charge >= 0.3 is 0 Å². The maximum Gasteiger partial charge on any atom is 0.144 e. The normalized spacial score (nSPS) is 26.3. The van der Waals surface area contributed by atoms with Crippen molar-refractivity contribution in [2.24, 2.45) is 16.3 Å². The number of nitrogens with zero attached hydrogens (tertiary/aromatic N) is 1. The van der Waals surface area contributed by atoms with Gasteiger partial charge in [0.1, 0.15) is 5.84 Å². The summed E-state index contributed by atoms with van der Waals surface area (Å²) in [7, 11) is 0. The van der Waals surface area contributed by atoms with Crippen molar-refractivity contribution in [1.82, 2.24) is 5.32 Å². The van der Waals surface area contributed by atoms with Gasteiger partial charge in [-0.15, -0.1) is 0 Å². The van der Waals surface area contributed by atoms with Gasteiger partial charge in [-0.3, -0.25) is 0 Å². The molecule has 0 aromatic rings. The number of hydrogen-bond acceptors (Lipinski definition) is 4. The van der Waals surface area contributed by atoms with Gasteiger partial charge in [-0.25, -0.2) is 0 Å². The molecule has 1 aliphatic rings. The lowest BCUT2D eigenvalue weighted by Crippen LogP contribution is -2.39. The third kappa shape index (κ3) is 4.69. The van der Waals surface area contributed by atoms with Crippen LogP contribution in [-0.2, 0) is 0 Å². The fraction of sp³-hybridized carbons (Fsp3) is 0.923. The first-order valence-corrected chi connectivity index (χ1v) is 8.02. The predicted octanol–water partition coefficient (Wildman–Crippen LogP) is 2.41. The van der Waals surface area contributed by atoms with Crippen LogP contribution in [-0.4, -0.2) is 35.1 Å². The van der Waals surface area contributed by atoms with Crippen LogP contribution in [0.3, 0.4) is 0 Å². The van der Waals surface area contributed by atoms with E-state index in [0.29, 0.717) is 11.9 Å². The molecule has 0 aromatic heterocycles. The van der Waals surface area contributed by atoms with E-state index in [0.717, 1.165) is 18.2 Å². The highest BCUT2D eigenvalue weighted by Gasteiger charge is 2.24. The molecule has 0 spiro atoms. The Balaban J connectivity index is 2.23. The second-order valence-corrected chi connectivity index (χ2v) is 6.92. The summed E-state index contributed by atoms with van der Waals surface area (Å²) in [6.07, 6.45) is 8.29. The molecule has 0 bridgehead atoms. The zero-order valence-electron chi connectivity index (χ0n) is 11.8. The maximum atomic E-state index is 8.71. The SMILES string of the molecule is CSC1CCC(NCCC(C)(C)C(N)=NO)CC1. The predicted molar refractivity (Wildman–Crippen MR) is 79.4 cm³/mol. The molecular formula is C13H27N3OS. The number of oxime groups is 1. The van der Waals surface area contributed by atoms with Crippen LogP contribution in [0.5, 0.6) is 0 Å². The van der Waals surface area contributed by atoms with Gasteiger partial charge in [0.05, 0.1) is 0 Å². The van der Waals surface area contributed by atoms with Crippen LogP contribution in [0, 0.1) is 5.41 Å². The lowest BCUT2D eigenvalue weighted by atomic mass is 9.87. The molecule has 0 heterocycles. The van der Waals surface area contributed by atoms with Crippen LogP contribution in [0.15, 0.2) is 5.16 Å². The minimum Gasteiger partial charge on any atom is -0.409 e. The number of nitrogens with two attached hydrogens (primary N) is 1. The Morgan fingerprint density at radius 1 is 1.39 bits per heavy atom. The minimum atomic E-state index is -0.238. The van der Waals surface area contributed by atoms with E-state index in [4.69, 9.17) is 10.9 Å². The average Bonchev–Trinajstić information content (AvgIpc) is 2.38. The van der Waals surface area contributed by atoms with E-state index in [2.05, 4.69) is 16.7 Å². The maximum absolute atomic E-state index is 8.71. The van der Waals surface area contributed by atoms with Gasteiger partial charge in [0.25, 0.3) is 0 Å². The molecule has 1 aliphatic carbocycles. The smallest absolute Gasteiger partial charge is 0.144 e. The summed E-state index contributed by atoms with van der Waals surface area (Å²) in [4.78, 5) is 0. The molecule has 1 rings (SSSR count). The number of amidine groups is 1. The van der Waals surface area contributed by atoms with Crippen molar-refractivity contribution in [3.05, 3.63) is 0 Å². The van der Waals surface area contributed by atoms with E-state index in [9.17, 15) is 0 Å². The lowest BCUT2D eigenvalue weighted by Gasteiger charge is -2.30. The first-order chi connectivity index (χ1) is 8.49. The van der Waals surface area contributed by atoms with Crippen LogP contribution in [0.4, 0.5) is 0 Å². The summed E-state index contributed by atoms with van der Waals surface area (Å²) in [6, 6.07) is 0.650. The van der Waals surface area contributed by atoms with Crippen molar-refractivity contribution < 1.29 is 5.21 Å². The number of hydrogen-bond donors (Lipinski definition) is 3. The summed E-state index contributed by atoms with van der Waals surface area (Å²) < 4.78 is 0. The van der Waals surface area contributed by atoms with Crippen LogP contribution < -0.4 is 11.1 Å². The van der Waals surface area contributed by atoms with Crippen LogP contribution in [0.25, 0.3) is 0 Å². The molecule has 0 amide bonds. The first kappa shape index (κ1) is 15.6. The van der Waals surface area contributed by atoms with Crippen molar-refractivity contribution in [2.45, 2.75) is 57.2 Å². The van der Waals surface area contributed by atoms with E-state index in [1.54, 1.807) is 0 Å². The van der Waals surface area contributed by atoms with E-state index < -0.39 is 0 Å². The molecule has 4 nitrogen and oxygen atoms in total. The molecule has 0 radical (unpaired) electrons. The van der Waals surface area contributed by atoms with Crippen molar-refractivity contribution in [1.29, 1.82) is 0 Å². The van der Waals surface area contributed by atoms with Crippen LogP contribution in [0.1, 0.15) is 46.0 Å². The molecule has 106 valence electrons. The van der Waals surface area contributed by atoms with E-state index in [1.807, 2.05) is 25.6 Å². The van der Waals surface area contributed by atoms with Gasteiger partial charge in [-0.05, 0) is 44.9 Å². The van der Waals surface area contributed by atoms with Gasteiger partial charge in [-0.1, -0.05) is 19.0 Å². The molecule has 0 atom stereocenters. The second kappa shape index (κ2) is 7.24. The fourth-order valence-electron chi connectivity index (χ4n) is 2.35. The quantitative estimate of drug-likeness (QED) is 0.301. The highest BCUT2D eigenvalue weighted by Crippen LogP contribution is 2.27. The third-order valence-electron chi connectivity index (χ3n) is 3.99. The molecule has 4 N–H and O–H groups in total. The topological polar surface area (TPSA) is 70.6 Å². The van der Waals surface area contributed by atoms with Crippen molar-refractivity contribution >= 4 is 17.6 Å². The fourth-order valence-corrected chi connectivity index (χ4v) is 3.10. The number of thioether (sulfide) groups is 1. The largest absolute Gasteiger partial charge is 0.409 e. The molecule has 1 saturated carbocycles. The summed E-state index contributed by atoms with van der Waals surface area (Å²) >= 11 is 1.99. The highest BCUT2D eigenvalue weighted by atomic mass is 32.2. The Bertz CT molecular complexity index is 273. The molecular weight excluding hydrogens is 246 g/mol. The van der Waals surface area contributed by atoms with E-state index in [1.165, 1.54) is 25.7 Å². The average molecular weight is 273 g/mol. The highest BCUT2D eigenvalue weighted by molar-refractivity contribution is 7.99. The summed E-state index contributed by atoms with van der Waals surface area (Å²) in [5.74, 6) is 0.315. The van der Waals surface area contributed by atoms with E-state index >= 15 is 0 Å². The Hall–Kier alpha value is -0.420. The summed E-state index contributed by atoms with van der Waals surface area (Å²) in [6.45, 7) is 4.94. The second-order valence-electron chi connectivity index (χ2n) is 5.78. The first-order valence-electron chi connectivity index (χ1n) is 6.74. The molecule has 0 unspecified atom stereocenters. The van der Waals surface area contributed by atoms with E-state index in [-0.39, 0.29) is 5.41 Å². The van der Waals surface area contributed by atoms with Gasteiger partial charge in [0, 0.05) is 16.7 Å². The Morgan fingerprint density at radius 2 is 2.00 bits per heavy atom. The zero-order valence-corrected chi connectivity index (χ0v) is 12.6. The molecule has 5 heteroatoms. The molecule has 0 aromatic carbocycles. The van der Waals surface area contributed by atoms with Gasteiger partial charge < -0.3 is 16.3 Å². The Kier molecular flexibility index (Phi) is 6.29. The zero-order chi connectivity index (χ0) is 13.6.